The van der Waals surface area contributed by atoms with Crippen LogP contribution in [0.2, 0.25) is 0 Å². The van der Waals surface area contributed by atoms with Crippen molar-refractivity contribution in [2.75, 3.05) is 20.3 Å². The van der Waals surface area contributed by atoms with Crippen LogP contribution in [0.15, 0.2) is 41.3 Å². The molecule has 0 bridgehead atoms. The maximum absolute atomic E-state index is 14.0. The van der Waals surface area contributed by atoms with Crippen molar-refractivity contribution < 1.29 is 57.2 Å². The van der Waals surface area contributed by atoms with Crippen LogP contribution in [0.5, 0.6) is 11.5 Å². The molecular formula is C26H20F8O5S. The molecule has 0 saturated carbocycles. The van der Waals surface area contributed by atoms with Gasteiger partial charge in [0.05, 0.1) is 12.2 Å². The van der Waals surface area contributed by atoms with Gasteiger partial charge in [0.2, 0.25) is 34.8 Å². The van der Waals surface area contributed by atoms with Gasteiger partial charge < -0.3 is 13.7 Å². The van der Waals surface area contributed by atoms with Crippen molar-refractivity contribution in [3.63, 3.8) is 0 Å². The van der Waals surface area contributed by atoms with Gasteiger partial charge in [-0.2, -0.15) is 30.4 Å². The first-order valence-corrected chi connectivity index (χ1v) is 13.1. The standard InChI is InChI=1S/C26H20F8O5S/c1-37-9-2-3-13-11-14(26(32,33)34)4-6-16(13)17-8-10-38-19-12-15(5-7-18(17)19)40(35,36)39-25-23(30)21(28)20(27)22(29)24(25)31/h4-7,11-12,17H,2-3,8-10H2,1H3. The fraction of sp³-hybridized carbons (Fsp3) is 0.308. The highest BCUT2D eigenvalue weighted by Gasteiger charge is 2.34. The third-order valence-electron chi connectivity index (χ3n) is 6.32. The first-order valence-electron chi connectivity index (χ1n) is 11.7. The number of ether oxygens (including phenoxy) is 2. The van der Waals surface area contributed by atoms with Crippen molar-refractivity contribution in [1.29, 1.82) is 0 Å². The Morgan fingerprint density at radius 1 is 0.900 bits per heavy atom. The van der Waals surface area contributed by atoms with Crippen LogP contribution in [0.3, 0.4) is 0 Å². The van der Waals surface area contributed by atoms with Gasteiger partial charge in [-0.25, -0.2) is 13.2 Å². The normalized spacial score (nSPS) is 15.5. The minimum absolute atomic E-state index is 0.0129. The Balaban J connectivity index is 1.71. The summed E-state index contributed by atoms with van der Waals surface area (Å²) in [6.45, 7) is 0.350. The fourth-order valence-electron chi connectivity index (χ4n) is 4.41. The number of fused-ring (bicyclic) bond motifs is 1. The third kappa shape index (κ3) is 5.73. The Labute approximate surface area is 223 Å². The van der Waals surface area contributed by atoms with E-state index in [1.54, 1.807) is 0 Å². The second-order valence-corrected chi connectivity index (χ2v) is 10.4. The minimum atomic E-state index is -5.12. The summed E-state index contributed by atoms with van der Waals surface area (Å²) in [6, 6.07) is 6.54. The molecule has 1 heterocycles. The molecular weight excluding hydrogens is 576 g/mol. The monoisotopic (exact) mass is 596 g/mol. The molecule has 14 heteroatoms. The molecule has 216 valence electrons. The summed E-state index contributed by atoms with van der Waals surface area (Å²) < 4.78 is 149. The minimum Gasteiger partial charge on any atom is -0.493 e. The van der Waals surface area contributed by atoms with Crippen LogP contribution < -0.4 is 8.92 Å². The van der Waals surface area contributed by atoms with E-state index in [1.807, 2.05) is 0 Å². The molecule has 3 aromatic carbocycles. The largest absolute Gasteiger partial charge is 0.493 e. The number of hydrogen-bond acceptors (Lipinski definition) is 5. The molecule has 4 rings (SSSR count). The molecule has 1 aliphatic rings. The van der Waals surface area contributed by atoms with Gasteiger partial charge in [0.1, 0.15) is 10.6 Å². The lowest BCUT2D eigenvalue weighted by Gasteiger charge is -2.29. The average Bonchev–Trinajstić information content (AvgIpc) is 2.92. The lowest BCUT2D eigenvalue weighted by atomic mass is 9.82. The summed E-state index contributed by atoms with van der Waals surface area (Å²) in [5.41, 5.74) is 0.551. The Hall–Kier alpha value is -3.39. The molecule has 0 aliphatic carbocycles. The number of halogens is 8. The zero-order chi connectivity index (χ0) is 29.4. The van der Waals surface area contributed by atoms with Crippen LogP contribution in [0.25, 0.3) is 0 Å². The van der Waals surface area contributed by atoms with Gasteiger partial charge in [-0.05, 0) is 48.6 Å². The molecule has 40 heavy (non-hydrogen) atoms. The highest BCUT2D eigenvalue weighted by Crippen LogP contribution is 2.42. The highest BCUT2D eigenvalue weighted by molar-refractivity contribution is 7.87. The number of hydrogen-bond donors (Lipinski definition) is 0. The molecule has 0 spiro atoms. The summed E-state index contributed by atoms with van der Waals surface area (Å²) in [7, 11) is -3.66. The van der Waals surface area contributed by atoms with Crippen LogP contribution in [0, 0.1) is 29.1 Å². The summed E-state index contributed by atoms with van der Waals surface area (Å²) in [4.78, 5) is -0.719. The predicted octanol–water partition coefficient (Wildman–Crippen LogP) is 6.66. The average molecular weight is 596 g/mol. The number of benzene rings is 3. The van der Waals surface area contributed by atoms with E-state index in [4.69, 9.17) is 9.47 Å². The van der Waals surface area contributed by atoms with Crippen molar-refractivity contribution >= 4 is 10.1 Å². The second-order valence-electron chi connectivity index (χ2n) is 8.83. The topological polar surface area (TPSA) is 61.8 Å². The van der Waals surface area contributed by atoms with Gasteiger partial charge in [0.15, 0.2) is 0 Å². The van der Waals surface area contributed by atoms with E-state index in [0.29, 0.717) is 36.1 Å². The van der Waals surface area contributed by atoms with Crippen LogP contribution in [0.1, 0.15) is 41.0 Å². The van der Waals surface area contributed by atoms with E-state index in [1.165, 1.54) is 19.2 Å². The lowest BCUT2D eigenvalue weighted by molar-refractivity contribution is -0.137. The molecule has 0 aromatic heterocycles. The maximum atomic E-state index is 14.0. The number of rotatable bonds is 8. The van der Waals surface area contributed by atoms with E-state index in [9.17, 15) is 43.5 Å². The number of methoxy groups -OCH3 is 1. The quantitative estimate of drug-likeness (QED) is 0.0957. The summed E-state index contributed by atoms with van der Waals surface area (Å²) >= 11 is 0. The van der Waals surface area contributed by atoms with E-state index >= 15 is 0 Å². The molecule has 0 saturated heterocycles. The Kier molecular flexibility index (Phi) is 8.31. The molecule has 0 radical (unpaired) electrons. The van der Waals surface area contributed by atoms with Crippen molar-refractivity contribution in [3.05, 3.63) is 87.7 Å². The smallest absolute Gasteiger partial charge is 0.416 e. The highest BCUT2D eigenvalue weighted by atomic mass is 32.2. The molecule has 0 amide bonds. The van der Waals surface area contributed by atoms with Gasteiger partial charge in [-0.1, -0.05) is 12.1 Å². The van der Waals surface area contributed by atoms with Crippen LogP contribution in [-0.4, -0.2) is 28.7 Å². The van der Waals surface area contributed by atoms with E-state index in [0.717, 1.165) is 24.3 Å². The van der Waals surface area contributed by atoms with Gasteiger partial charge >= 0.3 is 16.3 Å². The summed E-state index contributed by atoms with van der Waals surface area (Å²) in [5.74, 6) is -14.7. The van der Waals surface area contributed by atoms with Crippen LogP contribution in [0.4, 0.5) is 35.1 Å². The Morgan fingerprint density at radius 3 is 2.15 bits per heavy atom. The van der Waals surface area contributed by atoms with Gasteiger partial charge in [-0.3, -0.25) is 0 Å². The first-order chi connectivity index (χ1) is 18.8. The first kappa shape index (κ1) is 29.6. The van der Waals surface area contributed by atoms with E-state index < -0.39 is 67.5 Å². The Morgan fingerprint density at radius 2 is 1.52 bits per heavy atom. The Bertz CT molecular complexity index is 1510. The van der Waals surface area contributed by atoms with Crippen LogP contribution in [-0.2, 0) is 27.5 Å². The maximum Gasteiger partial charge on any atom is 0.416 e. The lowest BCUT2D eigenvalue weighted by Crippen LogP contribution is -2.19. The van der Waals surface area contributed by atoms with Gasteiger partial charge in [0.25, 0.3) is 0 Å². The van der Waals surface area contributed by atoms with Crippen molar-refractivity contribution in [2.24, 2.45) is 0 Å². The zero-order valence-electron chi connectivity index (χ0n) is 20.6. The molecule has 0 fully saturated rings. The third-order valence-corrected chi connectivity index (χ3v) is 7.53. The summed E-state index contributed by atoms with van der Waals surface area (Å²) in [6.07, 6.45) is -3.53. The second kappa shape index (κ2) is 11.2. The van der Waals surface area contributed by atoms with Gasteiger partial charge in [-0.15, -0.1) is 0 Å². The molecule has 5 nitrogen and oxygen atoms in total. The molecule has 1 aliphatic heterocycles. The number of aryl methyl sites for hydroxylation is 1. The molecule has 3 aromatic rings. The van der Waals surface area contributed by atoms with E-state index in [-0.39, 0.29) is 18.8 Å². The molecule has 1 unspecified atom stereocenters. The van der Waals surface area contributed by atoms with Crippen molar-refractivity contribution in [2.45, 2.75) is 36.3 Å². The van der Waals surface area contributed by atoms with E-state index in [2.05, 4.69) is 4.18 Å². The summed E-state index contributed by atoms with van der Waals surface area (Å²) in [5, 5.41) is 0. The zero-order valence-corrected chi connectivity index (χ0v) is 21.4. The van der Waals surface area contributed by atoms with Gasteiger partial charge in [0, 0.05) is 31.3 Å². The van der Waals surface area contributed by atoms with Crippen LogP contribution >= 0.6 is 0 Å². The fourth-order valence-corrected chi connectivity index (χ4v) is 5.36. The SMILES string of the molecule is COCCCc1cc(C(F)(F)F)ccc1C1CCOc2cc(S(=O)(=O)Oc3c(F)c(F)c(F)c(F)c3F)ccc21. The molecule has 0 N–H and O–H groups in total. The predicted molar refractivity (Wildman–Crippen MR) is 124 cm³/mol. The number of alkyl halides is 3. The van der Waals surface area contributed by atoms with Crippen molar-refractivity contribution in [1.82, 2.24) is 0 Å². The van der Waals surface area contributed by atoms with Crippen molar-refractivity contribution in [3.8, 4) is 11.5 Å². The molecule has 1 atom stereocenters.